The van der Waals surface area contributed by atoms with Gasteiger partial charge in [0.2, 0.25) is 0 Å². The van der Waals surface area contributed by atoms with E-state index in [2.05, 4.69) is 16.0 Å². The van der Waals surface area contributed by atoms with Crippen molar-refractivity contribution in [3.8, 4) is 0 Å². The first-order valence-corrected chi connectivity index (χ1v) is 6.88. The summed E-state index contributed by atoms with van der Waals surface area (Å²) in [5.41, 5.74) is 2.27. The number of hydrogen-bond acceptors (Lipinski definition) is 3. The van der Waals surface area contributed by atoms with E-state index in [1.54, 1.807) is 12.1 Å². The monoisotopic (exact) mass is 297 g/mol. The number of carbonyl (C=O) groups is 2. The molecule has 112 valence electrons. The molecule has 22 heavy (non-hydrogen) atoms. The van der Waals surface area contributed by atoms with Crippen LogP contribution in [0.25, 0.3) is 0 Å². The van der Waals surface area contributed by atoms with Gasteiger partial charge in [-0.1, -0.05) is 30.3 Å². The van der Waals surface area contributed by atoms with Crippen molar-refractivity contribution < 1.29 is 14.3 Å². The van der Waals surface area contributed by atoms with Gasteiger partial charge in [0, 0.05) is 11.4 Å². The molecule has 6 heteroatoms. The maximum absolute atomic E-state index is 11.9. The quantitative estimate of drug-likeness (QED) is 0.814. The van der Waals surface area contributed by atoms with Crippen LogP contribution in [-0.2, 0) is 4.74 Å². The summed E-state index contributed by atoms with van der Waals surface area (Å²) in [6, 6.07) is 16.1. The Morgan fingerprint density at radius 3 is 2.23 bits per heavy atom. The van der Waals surface area contributed by atoms with E-state index in [1.807, 2.05) is 42.5 Å². The van der Waals surface area contributed by atoms with Crippen molar-refractivity contribution in [1.29, 1.82) is 0 Å². The van der Waals surface area contributed by atoms with Gasteiger partial charge in [-0.3, -0.25) is 0 Å². The Morgan fingerprint density at radius 2 is 1.64 bits per heavy atom. The number of carbonyl (C=O) groups excluding carboxylic acids is 2. The zero-order chi connectivity index (χ0) is 15.4. The second kappa shape index (κ2) is 6.17. The first-order valence-electron chi connectivity index (χ1n) is 6.88. The topological polar surface area (TPSA) is 79.5 Å². The Morgan fingerprint density at radius 1 is 1.00 bits per heavy atom. The number of para-hydroxylation sites is 1. The number of rotatable bonds is 3. The molecule has 1 saturated heterocycles. The minimum absolute atomic E-state index is 0.278. The summed E-state index contributed by atoms with van der Waals surface area (Å²) in [5.74, 6) is 0. The Labute approximate surface area is 127 Å². The summed E-state index contributed by atoms with van der Waals surface area (Å²) < 4.78 is 5.10. The number of benzene rings is 2. The molecule has 2 aromatic carbocycles. The highest BCUT2D eigenvalue weighted by Crippen LogP contribution is 2.22. The van der Waals surface area contributed by atoms with Gasteiger partial charge in [0.1, 0.15) is 6.10 Å². The van der Waals surface area contributed by atoms with Gasteiger partial charge in [0.05, 0.1) is 6.54 Å². The van der Waals surface area contributed by atoms with Crippen LogP contribution >= 0.6 is 0 Å². The summed E-state index contributed by atoms with van der Waals surface area (Å²) in [4.78, 5) is 22.9. The Balaban J connectivity index is 1.59. The summed E-state index contributed by atoms with van der Waals surface area (Å²) in [7, 11) is 0. The molecule has 2 aromatic rings. The fourth-order valence-electron chi connectivity index (χ4n) is 2.17. The molecule has 0 aromatic heterocycles. The van der Waals surface area contributed by atoms with Gasteiger partial charge in [0.25, 0.3) is 0 Å². The van der Waals surface area contributed by atoms with Crippen LogP contribution in [0.2, 0.25) is 0 Å². The van der Waals surface area contributed by atoms with Crippen molar-refractivity contribution in [2.24, 2.45) is 0 Å². The van der Waals surface area contributed by atoms with Gasteiger partial charge in [0.15, 0.2) is 0 Å². The van der Waals surface area contributed by atoms with Crippen molar-refractivity contribution >= 4 is 23.5 Å². The number of alkyl carbamates (subject to hydrolysis) is 1. The number of amides is 3. The van der Waals surface area contributed by atoms with Crippen LogP contribution in [0.15, 0.2) is 54.6 Å². The lowest BCUT2D eigenvalue weighted by Gasteiger charge is -2.10. The highest BCUT2D eigenvalue weighted by Gasteiger charge is 2.23. The van der Waals surface area contributed by atoms with Gasteiger partial charge in [-0.15, -0.1) is 0 Å². The average molecular weight is 297 g/mol. The fraction of sp³-hybridized carbons (Fsp3) is 0.125. The molecule has 3 rings (SSSR count). The minimum atomic E-state index is -0.408. The third kappa shape index (κ3) is 3.35. The van der Waals surface area contributed by atoms with E-state index in [0.29, 0.717) is 12.2 Å². The van der Waals surface area contributed by atoms with Crippen molar-refractivity contribution in [3.63, 3.8) is 0 Å². The van der Waals surface area contributed by atoms with Crippen LogP contribution in [0.1, 0.15) is 11.7 Å². The molecule has 3 amide bonds. The molecule has 3 N–H and O–H groups in total. The third-order valence-electron chi connectivity index (χ3n) is 3.25. The molecule has 1 aliphatic rings. The maximum Gasteiger partial charge on any atom is 0.407 e. The normalized spacial score (nSPS) is 16.5. The average Bonchev–Trinajstić information content (AvgIpc) is 2.95. The molecule has 0 spiro atoms. The standard InChI is InChI=1S/C16H15N3O3/c20-15(18-12-4-2-1-3-5-12)19-13-8-6-11(7-9-13)14-10-17-16(21)22-14/h1-9,14H,10H2,(H,17,21)(H2,18,19,20). The summed E-state index contributed by atoms with van der Waals surface area (Å²) in [6.07, 6.45) is -0.686. The third-order valence-corrected chi connectivity index (χ3v) is 3.25. The predicted molar refractivity (Wildman–Crippen MR) is 82.8 cm³/mol. The van der Waals surface area contributed by atoms with Crippen molar-refractivity contribution in [2.75, 3.05) is 17.2 Å². The molecular weight excluding hydrogens is 282 g/mol. The van der Waals surface area contributed by atoms with Gasteiger partial charge in [-0.2, -0.15) is 0 Å². The number of ether oxygens (including phenoxy) is 1. The first kappa shape index (κ1) is 13.9. The zero-order valence-corrected chi connectivity index (χ0v) is 11.7. The number of urea groups is 1. The number of cyclic esters (lactones) is 1. The largest absolute Gasteiger partial charge is 0.439 e. The summed E-state index contributed by atoms with van der Waals surface area (Å²) in [5, 5.41) is 8.08. The first-order chi connectivity index (χ1) is 10.7. The van der Waals surface area contributed by atoms with Crippen molar-refractivity contribution in [1.82, 2.24) is 5.32 Å². The molecule has 1 heterocycles. The second-order valence-corrected chi connectivity index (χ2v) is 4.84. The van der Waals surface area contributed by atoms with E-state index in [9.17, 15) is 9.59 Å². The highest BCUT2D eigenvalue weighted by atomic mass is 16.6. The van der Waals surface area contributed by atoms with E-state index in [-0.39, 0.29) is 12.1 Å². The van der Waals surface area contributed by atoms with Crippen molar-refractivity contribution in [3.05, 3.63) is 60.2 Å². The van der Waals surface area contributed by atoms with E-state index in [4.69, 9.17) is 4.74 Å². The molecule has 1 fully saturated rings. The lowest BCUT2D eigenvalue weighted by atomic mass is 10.1. The lowest BCUT2D eigenvalue weighted by molar-refractivity contribution is 0.141. The smallest absolute Gasteiger partial charge is 0.407 e. The van der Waals surface area contributed by atoms with E-state index in [1.165, 1.54) is 0 Å². The molecule has 0 aliphatic carbocycles. The molecule has 1 unspecified atom stereocenters. The number of nitrogens with one attached hydrogen (secondary N) is 3. The Bertz CT molecular complexity index is 671. The zero-order valence-electron chi connectivity index (χ0n) is 11.7. The summed E-state index contributed by atoms with van der Waals surface area (Å²) in [6.45, 7) is 0.458. The van der Waals surface area contributed by atoms with E-state index < -0.39 is 6.09 Å². The molecule has 1 atom stereocenters. The van der Waals surface area contributed by atoms with E-state index >= 15 is 0 Å². The predicted octanol–water partition coefficient (Wildman–Crippen LogP) is 3.11. The SMILES string of the molecule is O=C(Nc1ccccc1)Nc1ccc(C2CNC(=O)O2)cc1. The lowest BCUT2D eigenvalue weighted by Crippen LogP contribution is -2.19. The van der Waals surface area contributed by atoms with Gasteiger partial charge in [-0.25, -0.2) is 9.59 Å². The van der Waals surface area contributed by atoms with Crippen LogP contribution < -0.4 is 16.0 Å². The van der Waals surface area contributed by atoms with Crippen LogP contribution in [0.3, 0.4) is 0 Å². The molecule has 0 saturated carbocycles. The number of hydrogen-bond donors (Lipinski definition) is 3. The minimum Gasteiger partial charge on any atom is -0.439 e. The van der Waals surface area contributed by atoms with Gasteiger partial charge < -0.3 is 20.7 Å². The van der Waals surface area contributed by atoms with Crippen LogP contribution in [-0.4, -0.2) is 18.7 Å². The van der Waals surface area contributed by atoms with Crippen LogP contribution in [0, 0.1) is 0 Å². The number of anilines is 2. The Hall–Kier alpha value is -3.02. The maximum atomic E-state index is 11.9. The molecule has 0 bridgehead atoms. The summed E-state index contributed by atoms with van der Waals surface area (Å²) >= 11 is 0. The fourth-order valence-corrected chi connectivity index (χ4v) is 2.17. The highest BCUT2D eigenvalue weighted by molar-refractivity contribution is 5.99. The Kier molecular flexibility index (Phi) is 3.91. The molecule has 0 radical (unpaired) electrons. The second-order valence-electron chi connectivity index (χ2n) is 4.84. The van der Waals surface area contributed by atoms with E-state index in [0.717, 1.165) is 11.3 Å². The molecule has 1 aliphatic heterocycles. The van der Waals surface area contributed by atoms with Gasteiger partial charge >= 0.3 is 12.1 Å². The van der Waals surface area contributed by atoms with Crippen molar-refractivity contribution in [2.45, 2.75) is 6.10 Å². The van der Waals surface area contributed by atoms with Crippen LogP contribution in [0.5, 0.6) is 0 Å². The molecular formula is C16H15N3O3. The molecule has 6 nitrogen and oxygen atoms in total. The van der Waals surface area contributed by atoms with Gasteiger partial charge in [-0.05, 0) is 29.8 Å². The van der Waals surface area contributed by atoms with Crippen LogP contribution in [0.4, 0.5) is 21.0 Å².